The second-order valence-electron chi connectivity index (χ2n) is 5.85. The molecule has 1 amide bonds. The first-order valence-corrected chi connectivity index (χ1v) is 8.10. The lowest BCUT2D eigenvalue weighted by molar-refractivity contribution is -0.139. The first-order valence-electron chi connectivity index (χ1n) is 7.72. The smallest absolute Gasteiger partial charge is 0.295 e. The molecule has 1 aliphatic heterocycles. The Balaban J connectivity index is 2.18. The van der Waals surface area contributed by atoms with E-state index in [2.05, 4.69) is 0 Å². The normalized spacial score (nSPS) is 19.0. The number of hydrogen-bond acceptors (Lipinski definition) is 5. The van der Waals surface area contributed by atoms with Gasteiger partial charge < -0.3 is 19.8 Å². The summed E-state index contributed by atoms with van der Waals surface area (Å²) in [5.41, 5.74) is 0.862. The van der Waals surface area contributed by atoms with Crippen molar-refractivity contribution in [2.45, 2.75) is 6.04 Å². The highest BCUT2D eigenvalue weighted by molar-refractivity contribution is 6.46. The second-order valence-corrected chi connectivity index (χ2v) is 6.28. The van der Waals surface area contributed by atoms with Gasteiger partial charge in [-0.1, -0.05) is 17.7 Å². The minimum atomic E-state index is -0.805. The zero-order chi connectivity index (χ0) is 19.0. The molecule has 1 heterocycles. The number of hydrogen-bond donors (Lipinski definition) is 2. The summed E-state index contributed by atoms with van der Waals surface area (Å²) in [6.45, 7) is 0. The summed E-state index contributed by atoms with van der Waals surface area (Å²) in [7, 11) is 2.88. The summed E-state index contributed by atoms with van der Waals surface area (Å²) < 4.78 is 5.10. The lowest BCUT2D eigenvalue weighted by Crippen LogP contribution is -2.24. The molecule has 1 atom stereocenters. The molecule has 0 spiro atoms. The van der Waals surface area contributed by atoms with Crippen molar-refractivity contribution in [1.82, 2.24) is 4.90 Å². The van der Waals surface area contributed by atoms with Crippen LogP contribution < -0.4 is 4.74 Å². The number of phenolic OH excluding ortho intramolecular Hbond substituents is 1. The van der Waals surface area contributed by atoms with E-state index in [1.807, 2.05) is 0 Å². The number of phenols is 1. The van der Waals surface area contributed by atoms with E-state index >= 15 is 0 Å². The van der Waals surface area contributed by atoms with Crippen LogP contribution in [0.2, 0.25) is 5.02 Å². The van der Waals surface area contributed by atoms with E-state index in [1.54, 1.807) is 30.3 Å². The van der Waals surface area contributed by atoms with Crippen LogP contribution in [0, 0.1) is 0 Å². The van der Waals surface area contributed by atoms with E-state index in [0.29, 0.717) is 16.1 Å². The van der Waals surface area contributed by atoms with E-state index < -0.39 is 17.7 Å². The molecule has 0 bridgehead atoms. The molecule has 0 aliphatic carbocycles. The number of amides is 1. The van der Waals surface area contributed by atoms with Crippen molar-refractivity contribution in [3.63, 3.8) is 0 Å². The van der Waals surface area contributed by atoms with E-state index in [9.17, 15) is 19.8 Å². The number of ether oxygens (including phenoxy) is 1. The molecule has 7 heteroatoms. The average molecular weight is 374 g/mol. The Morgan fingerprint density at radius 1 is 1.15 bits per heavy atom. The topological polar surface area (TPSA) is 87.1 Å². The molecule has 2 aromatic rings. The van der Waals surface area contributed by atoms with Gasteiger partial charge in [-0.15, -0.1) is 0 Å². The number of rotatable bonds is 3. The molecule has 0 aromatic heterocycles. The van der Waals surface area contributed by atoms with Crippen LogP contribution in [0.4, 0.5) is 0 Å². The Kier molecular flexibility index (Phi) is 4.61. The summed E-state index contributed by atoms with van der Waals surface area (Å²) in [6, 6.07) is 9.99. The van der Waals surface area contributed by atoms with E-state index in [1.165, 1.54) is 31.2 Å². The number of aliphatic hydroxyl groups is 1. The van der Waals surface area contributed by atoms with Crippen molar-refractivity contribution >= 4 is 29.1 Å². The standard InChI is InChI=1S/C19H16ClNO5/c1-21-16(11-5-8-13(22)14(9-11)26-2)15(18(24)19(21)25)17(23)10-3-6-12(20)7-4-10/h3-9,16,22-23H,1-2H3. The minimum Gasteiger partial charge on any atom is -0.507 e. The van der Waals surface area contributed by atoms with Gasteiger partial charge in [0.25, 0.3) is 11.7 Å². The van der Waals surface area contributed by atoms with Gasteiger partial charge in [-0.05, 0) is 42.0 Å². The third kappa shape index (κ3) is 2.88. The molecular formula is C19H16ClNO5. The van der Waals surface area contributed by atoms with Crippen molar-refractivity contribution < 1.29 is 24.5 Å². The number of carbonyl (C=O) groups is 2. The highest BCUT2D eigenvalue weighted by Crippen LogP contribution is 2.40. The van der Waals surface area contributed by atoms with Gasteiger partial charge in [-0.3, -0.25) is 9.59 Å². The Labute approximate surface area is 154 Å². The first-order chi connectivity index (χ1) is 12.3. The fraction of sp³-hybridized carbons (Fsp3) is 0.158. The summed E-state index contributed by atoms with van der Waals surface area (Å²) in [6.07, 6.45) is 0. The fourth-order valence-electron chi connectivity index (χ4n) is 2.97. The molecule has 1 fully saturated rings. The number of ketones is 1. The Hall–Kier alpha value is -2.99. The average Bonchev–Trinajstić information content (AvgIpc) is 2.86. The highest BCUT2D eigenvalue weighted by Gasteiger charge is 2.44. The van der Waals surface area contributed by atoms with Gasteiger partial charge in [0.1, 0.15) is 5.76 Å². The van der Waals surface area contributed by atoms with E-state index in [-0.39, 0.29) is 22.8 Å². The zero-order valence-electron chi connectivity index (χ0n) is 14.1. The maximum atomic E-state index is 12.5. The Morgan fingerprint density at radius 2 is 1.81 bits per heavy atom. The lowest BCUT2D eigenvalue weighted by atomic mass is 9.95. The first kappa shape index (κ1) is 17.8. The van der Waals surface area contributed by atoms with Crippen LogP contribution in [0.3, 0.4) is 0 Å². The van der Waals surface area contributed by atoms with Gasteiger partial charge in [0.05, 0.1) is 18.7 Å². The molecular weight excluding hydrogens is 358 g/mol. The lowest BCUT2D eigenvalue weighted by Gasteiger charge is -2.21. The van der Waals surface area contributed by atoms with Crippen LogP contribution in [0.5, 0.6) is 11.5 Å². The number of aliphatic hydroxyl groups excluding tert-OH is 1. The van der Waals surface area contributed by atoms with Crippen LogP contribution in [0.15, 0.2) is 48.0 Å². The number of methoxy groups -OCH3 is 1. The second kappa shape index (κ2) is 6.72. The van der Waals surface area contributed by atoms with Crippen molar-refractivity contribution in [2.75, 3.05) is 14.2 Å². The van der Waals surface area contributed by atoms with Gasteiger partial charge in [0, 0.05) is 17.6 Å². The summed E-state index contributed by atoms with van der Waals surface area (Å²) in [5.74, 6) is -1.66. The molecule has 1 aliphatic rings. The van der Waals surface area contributed by atoms with Crippen molar-refractivity contribution in [3.8, 4) is 11.5 Å². The zero-order valence-corrected chi connectivity index (χ0v) is 14.8. The van der Waals surface area contributed by atoms with Crippen molar-refractivity contribution in [3.05, 3.63) is 64.2 Å². The third-order valence-corrected chi connectivity index (χ3v) is 4.56. The molecule has 0 radical (unpaired) electrons. The highest BCUT2D eigenvalue weighted by atomic mass is 35.5. The van der Waals surface area contributed by atoms with E-state index in [4.69, 9.17) is 16.3 Å². The molecule has 0 saturated carbocycles. The van der Waals surface area contributed by atoms with Gasteiger partial charge >= 0.3 is 0 Å². The number of likely N-dealkylation sites (N-methyl/N-ethyl adjacent to an activating group) is 1. The third-order valence-electron chi connectivity index (χ3n) is 4.31. The maximum Gasteiger partial charge on any atom is 0.295 e. The number of carbonyl (C=O) groups excluding carboxylic acids is 2. The molecule has 26 heavy (non-hydrogen) atoms. The van der Waals surface area contributed by atoms with Crippen LogP contribution >= 0.6 is 11.6 Å². The SMILES string of the molecule is COc1cc(C2C(=C(O)c3ccc(Cl)cc3)C(=O)C(=O)N2C)ccc1O. The van der Waals surface area contributed by atoms with Gasteiger partial charge in [-0.25, -0.2) is 0 Å². The molecule has 1 unspecified atom stereocenters. The molecule has 6 nitrogen and oxygen atoms in total. The number of benzene rings is 2. The Morgan fingerprint density at radius 3 is 2.42 bits per heavy atom. The van der Waals surface area contributed by atoms with E-state index in [0.717, 1.165) is 0 Å². The predicted octanol–water partition coefficient (Wildman–Crippen LogP) is 3.11. The predicted molar refractivity (Wildman–Crippen MR) is 96.2 cm³/mol. The molecule has 2 aromatic carbocycles. The summed E-state index contributed by atoms with van der Waals surface area (Å²) in [5, 5.41) is 21.0. The van der Waals surface area contributed by atoms with Crippen molar-refractivity contribution in [1.29, 1.82) is 0 Å². The van der Waals surface area contributed by atoms with Crippen LogP contribution in [0.1, 0.15) is 17.2 Å². The van der Waals surface area contributed by atoms with Gasteiger partial charge in [0.15, 0.2) is 11.5 Å². The number of aromatic hydroxyl groups is 1. The molecule has 1 saturated heterocycles. The molecule has 134 valence electrons. The van der Waals surface area contributed by atoms with Crippen LogP contribution in [0.25, 0.3) is 5.76 Å². The van der Waals surface area contributed by atoms with Crippen LogP contribution in [-0.2, 0) is 9.59 Å². The fourth-order valence-corrected chi connectivity index (χ4v) is 3.09. The molecule has 2 N–H and O–H groups in total. The minimum absolute atomic E-state index is 0.0347. The number of likely N-dealkylation sites (tertiary alicyclic amines) is 1. The quantitative estimate of drug-likeness (QED) is 0.490. The van der Waals surface area contributed by atoms with Crippen molar-refractivity contribution in [2.24, 2.45) is 0 Å². The number of halogens is 1. The number of Topliss-reactive ketones (excluding diaryl/α,β-unsaturated/α-hetero) is 1. The van der Waals surface area contributed by atoms with Gasteiger partial charge in [0.2, 0.25) is 0 Å². The largest absolute Gasteiger partial charge is 0.507 e. The summed E-state index contributed by atoms with van der Waals surface area (Å²) in [4.78, 5) is 26.0. The maximum absolute atomic E-state index is 12.5. The monoisotopic (exact) mass is 373 g/mol. The number of nitrogens with zero attached hydrogens (tertiary/aromatic N) is 1. The summed E-state index contributed by atoms with van der Waals surface area (Å²) >= 11 is 5.86. The van der Waals surface area contributed by atoms with Crippen LogP contribution in [-0.4, -0.2) is 41.0 Å². The molecule has 3 rings (SSSR count). The van der Waals surface area contributed by atoms with Gasteiger partial charge in [-0.2, -0.15) is 0 Å². The Bertz CT molecular complexity index is 920.